The molecule has 0 radical (unpaired) electrons. The summed E-state index contributed by atoms with van der Waals surface area (Å²) in [7, 11) is 0. The van der Waals surface area contributed by atoms with Gasteiger partial charge in [-0.15, -0.1) is 11.8 Å². The Balaban J connectivity index is 2.01. The third-order valence-corrected chi connectivity index (χ3v) is 7.34. The van der Waals surface area contributed by atoms with Crippen molar-refractivity contribution in [3.8, 4) is 11.1 Å². The topological polar surface area (TPSA) is 72.8 Å². The molecule has 0 saturated carbocycles. The van der Waals surface area contributed by atoms with Crippen molar-refractivity contribution in [1.82, 2.24) is 0 Å². The molecule has 0 amide bonds. The molecule has 0 aromatic heterocycles. The van der Waals surface area contributed by atoms with Crippen LogP contribution in [0.2, 0.25) is 0 Å². The first-order chi connectivity index (χ1) is 16.1. The zero-order chi connectivity index (χ0) is 23.4. The molecule has 5 nitrogen and oxygen atoms in total. The molecule has 3 aromatic carbocycles. The smallest absolute Gasteiger partial charge is 0.328 e. The molecule has 33 heavy (non-hydrogen) atoms. The lowest BCUT2D eigenvalue weighted by molar-refractivity contribution is -0.182. The number of carbonyl (C=O) groups is 2. The summed E-state index contributed by atoms with van der Waals surface area (Å²) in [4.78, 5) is 28.0. The van der Waals surface area contributed by atoms with E-state index in [0.717, 1.165) is 21.6 Å². The normalized spacial score (nSPS) is 18.8. The second kappa shape index (κ2) is 9.81. The number of aliphatic hydroxyl groups excluding tert-OH is 1. The van der Waals surface area contributed by atoms with Crippen LogP contribution in [0.5, 0.6) is 0 Å². The molecule has 2 unspecified atom stereocenters. The van der Waals surface area contributed by atoms with Crippen LogP contribution in [0.15, 0.2) is 83.8 Å². The van der Waals surface area contributed by atoms with Gasteiger partial charge in [-0.1, -0.05) is 72.8 Å². The largest absolute Gasteiger partial charge is 0.465 e. The van der Waals surface area contributed by atoms with Crippen LogP contribution in [-0.2, 0) is 19.1 Å². The van der Waals surface area contributed by atoms with E-state index >= 15 is 0 Å². The zero-order valence-corrected chi connectivity index (χ0v) is 19.4. The summed E-state index contributed by atoms with van der Waals surface area (Å²) in [5.74, 6) is -1.57. The van der Waals surface area contributed by atoms with E-state index in [1.807, 2.05) is 66.7 Å². The number of carbonyl (C=O) groups excluding carboxylic acids is 2. The van der Waals surface area contributed by atoms with E-state index in [2.05, 4.69) is 0 Å². The van der Waals surface area contributed by atoms with Crippen molar-refractivity contribution in [1.29, 1.82) is 0 Å². The fourth-order valence-corrected chi connectivity index (χ4v) is 5.93. The summed E-state index contributed by atoms with van der Waals surface area (Å²) in [6.07, 6.45) is -1.43. The lowest BCUT2D eigenvalue weighted by Crippen LogP contribution is -2.52. The Morgan fingerprint density at radius 1 is 0.818 bits per heavy atom. The Kier molecular flexibility index (Phi) is 6.86. The quantitative estimate of drug-likeness (QED) is 0.393. The van der Waals surface area contributed by atoms with Crippen molar-refractivity contribution < 1.29 is 24.2 Å². The van der Waals surface area contributed by atoms with Gasteiger partial charge in [0.05, 0.1) is 18.5 Å². The van der Waals surface area contributed by atoms with E-state index in [4.69, 9.17) is 9.47 Å². The highest BCUT2D eigenvalue weighted by molar-refractivity contribution is 7.99. The maximum Gasteiger partial charge on any atom is 0.328 e. The molecular formula is C27H26O5S. The minimum atomic E-state index is -1.96. The van der Waals surface area contributed by atoms with Gasteiger partial charge in [-0.05, 0) is 42.2 Å². The second-order valence-electron chi connectivity index (χ2n) is 7.70. The number of rotatable bonds is 6. The maximum atomic E-state index is 13.6. The number of ether oxygens (including phenoxy) is 2. The minimum Gasteiger partial charge on any atom is -0.465 e. The Hall–Kier alpha value is -3.09. The molecule has 0 spiro atoms. The molecule has 4 rings (SSSR count). The minimum absolute atomic E-state index is 0.0755. The molecule has 0 bridgehead atoms. The number of hydrogen-bond acceptors (Lipinski definition) is 6. The van der Waals surface area contributed by atoms with Crippen LogP contribution in [0.4, 0.5) is 0 Å². The van der Waals surface area contributed by atoms with Gasteiger partial charge in [0.15, 0.2) is 0 Å². The average Bonchev–Trinajstić information content (AvgIpc) is 2.85. The molecule has 1 aliphatic rings. The Labute approximate surface area is 197 Å². The number of benzene rings is 3. The predicted octanol–water partition coefficient (Wildman–Crippen LogP) is 5.35. The molecule has 0 fully saturated rings. The Morgan fingerprint density at radius 3 is 2.00 bits per heavy atom. The molecule has 1 N–H and O–H groups in total. The van der Waals surface area contributed by atoms with Crippen LogP contribution in [0.1, 0.15) is 36.3 Å². The molecule has 0 saturated heterocycles. The lowest BCUT2D eigenvalue weighted by Gasteiger charge is -2.44. The number of fused-ring (bicyclic) bond motifs is 1. The number of hydrogen-bond donors (Lipinski definition) is 1. The first kappa shape index (κ1) is 23.1. The van der Waals surface area contributed by atoms with E-state index in [1.165, 1.54) is 11.8 Å². The highest BCUT2D eigenvalue weighted by atomic mass is 32.2. The van der Waals surface area contributed by atoms with E-state index in [9.17, 15) is 14.7 Å². The van der Waals surface area contributed by atoms with E-state index in [0.29, 0.717) is 5.56 Å². The second-order valence-corrected chi connectivity index (χ2v) is 8.85. The summed E-state index contributed by atoms with van der Waals surface area (Å²) >= 11 is 1.38. The molecule has 170 valence electrons. The first-order valence-electron chi connectivity index (χ1n) is 11.0. The summed E-state index contributed by atoms with van der Waals surface area (Å²) in [5.41, 5.74) is 1.12. The maximum absolute atomic E-state index is 13.6. The van der Waals surface area contributed by atoms with Crippen LogP contribution in [-0.4, -0.2) is 30.3 Å². The van der Waals surface area contributed by atoms with Crippen molar-refractivity contribution in [2.75, 3.05) is 13.2 Å². The summed E-state index contributed by atoms with van der Waals surface area (Å²) in [5, 5.41) is 10.9. The Bertz CT molecular complexity index is 1130. The number of esters is 2. The highest BCUT2D eigenvalue weighted by Gasteiger charge is 2.64. The van der Waals surface area contributed by atoms with Gasteiger partial charge in [-0.25, -0.2) is 0 Å². The van der Waals surface area contributed by atoms with Crippen LogP contribution < -0.4 is 0 Å². The highest BCUT2D eigenvalue weighted by Crippen LogP contribution is 2.61. The van der Waals surface area contributed by atoms with Gasteiger partial charge in [-0.3, -0.25) is 9.59 Å². The first-order valence-corrected chi connectivity index (χ1v) is 11.9. The molecule has 1 heterocycles. The van der Waals surface area contributed by atoms with E-state index < -0.39 is 28.7 Å². The molecule has 1 aliphatic heterocycles. The summed E-state index contributed by atoms with van der Waals surface area (Å²) < 4.78 is 10.8. The standard InChI is InChI=1S/C27H26O5S/c1-3-31-25(29)27(26(30)32-4-2)23(28)21-16-10-11-17-22(21)33-24(27)20-15-9-8-14-19(20)18-12-6-5-7-13-18/h5-17,23-24,28H,3-4H2,1-2H3. The molecule has 3 aromatic rings. The molecule has 6 heteroatoms. The third kappa shape index (κ3) is 3.94. The lowest BCUT2D eigenvalue weighted by atomic mass is 9.72. The molecular weight excluding hydrogens is 436 g/mol. The van der Waals surface area contributed by atoms with Crippen molar-refractivity contribution in [3.05, 3.63) is 90.0 Å². The average molecular weight is 463 g/mol. The monoisotopic (exact) mass is 462 g/mol. The van der Waals surface area contributed by atoms with E-state index in [1.54, 1.807) is 26.0 Å². The van der Waals surface area contributed by atoms with Gasteiger partial charge in [0.2, 0.25) is 5.41 Å². The van der Waals surface area contributed by atoms with Crippen molar-refractivity contribution >= 4 is 23.7 Å². The van der Waals surface area contributed by atoms with Crippen molar-refractivity contribution in [3.63, 3.8) is 0 Å². The van der Waals surface area contributed by atoms with Crippen LogP contribution >= 0.6 is 11.8 Å². The SMILES string of the molecule is CCOC(=O)C1(C(=O)OCC)C(O)c2ccccc2SC1c1ccccc1-c1ccccc1. The van der Waals surface area contributed by atoms with Crippen LogP contribution in [0, 0.1) is 5.41 Å². The fraction of sp³-hybridized carbons (Fsp3) is 0.259. The van der Waals surface area contributed by atoms with Crippen molar-refractivity contribution in [2.45, 2.75) is 30.1 Å². The predicted molar refractivity (Wildman–Crippen MR) is 128 cm³/mol. The molecule has 0 aliphatic carbocycles. The third-order valence-electron chi connectivity index (χ3n) is 5.86. The summed E-state index contributed by atoms with van der Waals surface area (Å²) in [6, 6.07) is 24.7. The van der Waals surface area contributed by atoms with Crippen LogP contribution in [0.3, 0.4) is 0 Å². The van der Waals surface area contributed by atoms with Crippen molar-refractivity contribution in [2.24, 2.45) is 5.41 Å². The van der Waals surface area contributed by atoms with Gasteiger partial charge in [-0.2, -0.15) is 0 Å². The van der Waals surface area contributed by atoms with Gasteiger partial charge in [0, 0.05) is 4.90 Å². The summed E-state index contributed by atoms with van der Waals surface area (Å²) in [6.45, 7) is 3.51. The fourth-order valence-electron chi connectivity index (χ4n) is 4.36. The molecule has 2 atom stereocenters. The number of thioether (sulfide) groups is 1. The number of aliphatic hydroxyl groups is 1. The van der Waals surface area contributed by atoms with Gasteiger partial charge in [0.1, 0.15) is 6.10 Å². The van der Waals surface area contributed by atoms with Gasteiger partial charge < -0.3 is 14.6 Å². The van der Waals surface area contributed by atoms with Crippen LogP contribution in [0.25, 0.3) is 11.1 Å². The van der Waals surface area contributed by atoms with E-state index in [-0.39, 0.29) is 13.2 Å². The van der Waals surface area contributed by atoms with Gasteiger partial charge >= 0.3 is 11.9 Å². The van der Waals surface area contributed by atoms with Gasteiger partial charge in [0.25, 0.3) is 0 Å². The zero-order valence-electron chi connectivity index (χ0n) is 18.6. The Morgan fingerprint density at radius 2 is 1.36 bits per heavy atom.